The minimum Gasteiger partial charge on any atom is -0.388 e. The van der Waals surface area contributed by atoms with Crippen LogP contribution in [0, 0.1) is 0 Å². The quantitative estimate of drug-likeness (QED) is 0.592. The number of anilines is 3. The molecule has 3 aromatic rings. The highest BCUT2D eigenvalue weighted by atomic mass is 35.5. The molecule has 0 saturated heterocycles. The molecular weight excluding hydrogens is 370 g/mol. The predicted octanol–water partition coefficient (Wildman–Crippen LogP) is 5.34. The maximum absolute atomic E-state index is 12.9. The van der Waals surface area contributed by atoms with Crippen LogP contribution in [-0.4, -0.2) is 20.0 Å². The second-order valence-corrected chi connectivity index (χ2v) is 7.03. The third-order valence-electron chi connectivity index (χ3n) is 4.89. The van der Waals surface area contributed by atoms with Gasteiger partial charge in [0.15, 0.2) is 0 Å². The van der Waals surface area contributed by atoms with E-state index in [-0.39, 0.29) is 5.91 Å². The molecule has 1 amide bonds. The summed E-state index contributed by atoms with van der Waals surface area (Å²) in [5, 5.41) is 6.67. The first-order valence-electron chi connectivity index (χ1n) is 9.01. The minimum atomic E-state index is -0.130. The van der Waals surface area contributed by atoms with E-state index in [4.69, 9.17) is 11.6 Å². The van der Waals surface area contributed by atoms with Crippen LogP contribution in [0.25, 0.3) is 11.3 Å². The zero-order chi connectivity index (χ0) is 19.7. The highest BCUT2D eigenvalue weighted by Crippen LogP contribution is 2.40. The Morgan fingerprint density at radius 3 is 2.39 bits per heavy atom. The summed E-state index contributed by atoms with van der Waals surface area (Å²) in [6.45, 7) is 0. The first-order chi connectivity index (χ1) is 13.6. The first kappa shape index (κ1) is 18.1. The SMILES string of the molecule is CNc1ccc(N(C)/C(=C2\C(=O)Nc3cc(Cl)ccc32)c2ccccc2)cc1. The summed E-state index contributed by atoms with van der Waals surface area (Å²) >= 11 is 6.12. The molecule has 1 aliphatic heterocycles. The summed E-state index contributed by atoms with van der Waals surface area (Å²) < 4.78 is 0. The van der Waals surface area contributed by atoms with Crippen LogP contribution < -0.4 is 15.5 Å². The van der Waals surface area contributed by atoms with Gasteiger partial charge in [-0.3, -0.25) is 4.79 Å². The summed E-state index contributed by atoms with van der Waals surface area (Å²) in [5.74, 6) is -0.130. The number of nitrogens with one attached hydrogen (secondary N) is 2. The van der Waals surface area contributed by atoms with Crippen molar-refractivity contribution in [2.45, 2.75) is 0 Å². The number of fused-ring (bicyclic) bond motifs is 1. The van der Waals surface area contributed by atoms with Crippen molar-refractivity contribution in [3.63, 3.8) is 0 Å². The third-order valence-corrected chi connectivity index (χ3v) is 5.12. The first-order valence-corrected chi connectivity index (χ1v) is 9.39. The van der Waals surface area contributed by atoms with E-state index in [1.165, 1.54) is 0 Å². The Balaban J connectivity index is 1.92. The molecule has 4 nitrogen and oxygen atoms in total. The number of amides is 1. The molecule has 28 heavy (non-hydrogen) atoms. The molecule has 0 atom stereocenters. The third kappa shape index (κ3) is 3.23. The van der Waals surface area contributed by atoms with Crippen LogP contribution in [0.5, 0.6) is 0 Å². The number of hydrogen-bond donors (Lipinski definition) is 2. The van der Waals surface area contributed by atoms with Crippen molar-refractivity contribution in [3.8, 4) is 0 Å². The van der Waals surface area contributed by atoms with Crippen LogP contribution >= 0.6 is 11.6 Å². The van der Waals surface area contributed by atoms with E-state index in [1.807, 2.05) is 85.7 Å². The van der Waals surface area contributed by atoms with Gasteiger partial charge in [-0.1, -0.05) is 48.0 Å². The van der Waals surface area contributed by atoms with E-state index in [0.29, 0.717) is 10.6 Å². The van der Waals surface area contributed by atoms with Gasteiger partial charge in [-0.05, 0) is 42.0 Å². The predicted molar refractivity (Wildman–Crippen MR) is 118 cm³/mol. The highest BCUT2D eigenvalue weighted by Gasteiger charge is 2.30. The molecule has 0 aromatic heterocycles. The van der Waals surface area contributed by atoms with Crippen molar-refractivity contribution in [1.82, 2.24) is 0 Å². The molecule has 5 heteroatoms. The van der Waals surface area contributed by atoms with Crippen molar-refractivity contribution >= 4 is 45.8 Å². The zero-order valence-electron chi connectivity index (χ0n) is 15.7. The Morgan fingerprint density at radius 1 is 1.00 bits per heavy atom. The molecule has 2 N–H and O–H groups in total. The lowest BCUT2D eigenvalue weighted by Crippen LogP contribution is -2.19. The Kier molecular flexibility index (Phi) is 4.80. The number of rotatable bonds is 4. The summed E-state index contributed by atoms with van der Waals surface area (Å²) in [6.07, 6.45) is 0. The topological polar surface area (TPSA) is 44.4 Å². The van der Waals surface area contributed by atoms with Gasteiger partial charge < -0.3 is 15.5 Å². The van der Waals surface area contributed by atoms with Crippen molar-refractivity contribution in [2.75, 3.05) is 29.6 Å². The summed E-state index contributed by atoms with van der Waals surface area (Å²) in [7, 11) is 3.87. The number of benzene rings is 3. The second kappa shape index (κ2) is 7.41. The second-order valence-electron chi connectivity index (χ2n) is 6.59. The van der Waals surface area contributed by atoms with Crippen LogP contribution in [0.3, 0.4) is 0 Å². The number of halogens is 1. The molecule has 0 unspecified atom stereocenters. The standard InChI is InChI=1S/C23H20ClN3O/c1-25-17-9-11-18(12-10-17)27(2)22(15-6-4-3-5-7-15)21-19-13-8-16(24)14-20(19)26-23(21)28/h3-14,25H,1-2H3,(H,26,28)/b22-21-. The zero-order valence-corrected chi connectivity index (χ0v) is 16.4. The molecule has 0 bridgehead atoms. The molecule has 1 aliphatic rings. The van der Waals surface area contributed by atoms with Gasteiger partial charge in [0.1, 0.15) is 0 Å². The van der Waals surface area contributed by atoms with E-state index in [2.05, 4.69) is 10.6 Å². The maximum atomic E-state index is 12.9. The van der Waals surface area contributed by atoms with Crippen LogP contribution in [-0.2, 0) is 4.79 Å². The molecule has 0 aliphatic carbocycles. The average molecular weight is 390 g/mol. The van der Waals surface area contributed by atoms with E-state index in [1.54, 1.807) is 6.07 Å². The normalized spacial score (nSPS) is 14.3. The van der Waals surface area contributed by atoms with Crippen molar-refractivity contribution in [2.24, 2.45) is 0 Å². The Labute approximate surface area is 169 Å². The van der Waals surface area contributed by atoms with Crippen molar-refractivity contribution in [1.29, 1.82) is 0 Å². The van der Waals surface area contributed by atoms with Crippen molar-refractivity contribution < 1.29 is 4.79 Å². The Morgan fingerprint density at radius 2 is 1.71 bits per heavy atom. The van der Waals surface area contributed by atoms with E-state index in [9.17, 15) is 4.79 Å². The molecule has 0 spiro atoms. The molecule has 0 fully saturated rings. The van der Waals surface area contributed by atoms with Crippen LogP contribution in [0.1, 0.15) is 11.1 Å². The Bertz CT molecular complexity index is 1060. The lowest BCUT2D eigenvalue weighted by atomic mass is 9.99. The smallest absolute Gasteiger partial charge is 0.258 e. The summed E-state index contributed by atoms with van der Waals surface area (Å²) in [4.78, 5) is 15.0. The monoisotopic (exact) mass is 389 g/mol. The van der Waals surface area contributed by atoms with E-state index >= 15 is 0 Å². The van der Waals surface area contributed by atoms with Gasteiger partial charge >= 0.3 is 0 Å². The fraction of sp³-hybridized carbons (Fsp3) is 0.0870. The van der Waals surface area contributed by atoms with E-state index < -0.39 is 0 Å². The number of carbonyl (C=O) groups is 1. The molecule has 1 heterocycles. The lowest BCUT2D eigenvalue weighted by molar-refractivity contribution is -0.110. The van der Waals surface area contributed by atoms with Gasteiger partial charge in [0.25, 0.3) is 5.91 Å². The molecule has 0 saturated carbocycles. The van der Waals surface area contributed by atoms with E-state index in [0.717, 1.165) is 33.9 Å². The number of hydrogen-bond acceptors (Lipinski definition) is 3. The number of nitrogens with zero attached hydrogens (tertiary/aromatic N) is 1. The van der Waals surface area contributed by atoms with Gasteiger partial charge in [0, 0.05) is 36.1 Å². The fourth-order valence-corrected chi connectivity index (χ4v) is 3.63. The van der Waals surface area contributed by atoms with Crippen molar-refractivity contribution in [3.05, 3.63) is 88.9 Å². The van der Waals surface area contributed by atoms with Crippen LogP contribution in [0.4, 0.5) is 17.1 Å². The van der Waals surface area contributed by atoms with Crippen LogP contribution in [0.15, 0.2) is 72.8 Å². The summed E-state index contributed by atoms with van der Waals surface area (Å²) in [5.41, 5.74) is 6.06. The fourth-order valence-electron chi connectivity index (χ4n) is 3.46. The minimum absolute atomic E-state index is 0.130. The van der Waals surface area contributed by atoms with Crippen LogP contribution in [0.2, 0.25) is 5.02 Å². The number of carbonyl (C=O) groups excluding carboxylic acids is 1. The van der Waals surface area contributed by atoms with Gasteiger partial charge in [-0.25, -0.2) is 0 Å². The Hall–Kier alpha value is -3.24. The lowest BCUT2D eigenvalue weighted by Gasteiger charge is -2.25. The molecule has 4 rings (SSSR count). The largest absolute Gasteiger partial charge is 0.388 e. The molecule has 3 aromatic carbocycles. The molecular formula is C23H20ClN3O. The van der Waals surface area contributed by atoms with Gasteiger partial charge in [0.2, 0.25) is 0 Å². The van der Waals surface area contributed by atoms with Gasteiger partial charge in [0.05, 0.1) is 17.0 Å². The highest BCUT2D eigenvalue weighted by molar-refractivity contribution is 6.38. The molecule has 0 radical (unpaired) electrons. The maximum Gasteiger partial charge on any atom is 0.258 e. The summed E-state index contributed by atoms with van der Waals surface area (Å²) in [6, 6.07) is 23.5. The van der Waals surface area contributed by atoms with Gasteiger partial charge in [-0.15, -0.1) is 0 Å². The molecule has 140 valence electrons. The average Bonchev–Trinajstić information content (AvgIpc) is 3.04. The van der Waals surface area contributed by atoms with Gasteiger partial charge in [-0.2, -0.15) is 0 Å².